The molecule has 3 aromatic carbocycles. The second-order valence-electron chi connectivity index (χ2n) is 8.05. The number of anilines is 1. The minimum Gasteiger partial charge on any atom is -0.497 e. The fraction of sp³-hybridized carbons (Fsp3) is 0.154. The number of thioether (sulfide) groups is 1. The largest absolute Gasteiger partial charge is 0.497 e. The number of rotatable bonds is 4. The number of hydrogen-bond acceptors (Lipinski definition) is 6. The van der Waals surface area contributed by atoms with Crippen molar-refractivity contribution >= 4 is 23.4 Å². The molecule has 0 fully saturated rings. The fourth-order valence-corrected chi connectivity index (χ4v) is 4.94. The van der Waals surface area contributed by atoms with Gasteiger partial charge in [-0.3, -0.25) is 0 Å². The van der Waals surface area contributed by atoms with Crippen LogP contribution < -0.4 is 14.8 Å². The lowest BCUT2D eigenvalue weighted by molar-refractivity contribution is 0.222. The molecule has 2 aliphatic heterocycles. The molecule has 3 heterocycles. The minimum absolute atomic E-state index is 0.307. The summed E-state index contributed by atoms with van der Waals surface area (Å²) in [4.78, 5) is 4.70. The number of para-hydroxylation sites is 1. The van der Waals surface area contributed by atoms with Gasteiger partial charge >= 0.3 is 0 Å². The molecule has 34 heavy (non-hydrogen) atoms. The van der Waals surface area contributed by atoms with Gasteiger partial charge in [0.15, 0.2) is 0 Å². The van der Waals surface area contributed by atoms with E-state index in [1.54, 1.807) is 13.2 Å². The Hall–Kier alpha value is -3.78. The molecule has 1 aromatic heterocycles. The Labute approximate surface area is 200 Å². The van der Waals surface area contributed by atoms with E-state index in [4.69, 9.17) is 19.6 Å². The summed E-state index contributed by atoms with van der Waals surface area (Å²) in [5, 5.41) is 8.94. The third-order valence-electron chi connectivity index (χ3n) is 6.13. The van der Waals surface area contributed by atoms with E-state index in [2.05, 4.69) is 5.32 Å². The first-order valence-corrected chi connectivity index (χ1v) is 12.1. The maximum Gasteiger partial charge on any atom is 0.227 e. The summed E-state index contributed by atoms with van der Waals surface area (Å²) >= 11 is 1.48. The van der Waals surface area contributed by atoms with E-state index in [1.807, 2.05) is 65.5 Å². The van der Waals surface area contributed by atoms with Crippen LogP contribution in [0.15, 0.2) is 83.5 Å². The highest BCUT2D eigenvalue weighted by Crippen LogP contribution is 2.51. The predicted octanol–water partition coefficient (Wildman–Crippen LogP) is 5.71. The fourth-order valence-electron chi connectivity index (χ4n) is 4.60. The van der Waals surface area contributed by atoms with Gasteiger partial charge in [-0.15, -0.1) is 5.10 Å². The highest BCUT2D eigenvalue weighted by molar-refractivity contribution is 7.98. The van der Waals surface area contributed by atoms with Gasteiger partial charge in [0.25, 0.3) is 0 Å². The third-order valence-corrected chi connectivity index (χ3v) is 6.66. The number of nitrogens with zero attached hydrogens (tertiary/aromatic N) is 3. The highest BCUT2D eigenvalue weighted by Gasteiger charge is 2.41. The quantitative estimate of drug-likeness (QED) is 0.384. The lowest BCUT2D eigenvalue weighted by Gasteiger charge is -2.38. The van der Waals surface area contributed by atoms with E-state index in [1.165, 1.54) is 23.9 Å². The summed E-state index contributed by atoms with van der Waals surface area (Å²) in [6, 6.07) is 22.0. The molecular formula is C26H21FN4O2S. The maximum absolute atomic E-state index is 14.3. The van der Waals surface area contributed by atoms with Crippen molar-refractivity contribution in [3.05, 3.63) is 101 Å². The van der Waals surface area contributed by atoms with Crippen LogP contribution in [0.4, 0.5) is 10.3 Å². The Kier molecular flexibility index (Phi) is 5.03. The second-order valence-corrected chi connectivity index (χ2v) is 8.82. The number of hydrogen-bond donors (Lipinski definition) is 1. The van der Waals surface area contributed by atoms with E-state index < -0.39 is 6.10 Å². The summed E-state index contributed by atoms with van der Waals surface area (Å²) in [5.41, 5.74) is 4.52. The first-order valence-electron chi connectivity index (χ1n) is 10.8. The van der Waals surface area contributed by atoms with E-state index >= 15 is 0 Å². The molecule has 2 unspecified atom stereocenters. The molecule has 2 atom stereocenters. The van der Waals surface area contributed by atoms with E-state index in [-0.39, 0.29) is 11.9 Å². The van der Waals surface area contributed by atoms with Gasteiger partial charge in [-0.2, -0.15) is 4.98 Å². The van der Waals surface area contributed by atoms with Crippen molar-refractivity contribution in [1.29, 1.82) is 0 Å². The van der Waals surface area contributed by atoms with Crippen LogP contribution in [0.1, 0.15) is 28.8 Å². The van der Waals surface area contributed by atoms with Gasteiger partial charge in [0.2, 0.25) is 11.1 Å². The Morgan fingerprint density at radius 1 is 1.03 bits per heavy atom. The maximum atomic E-state index is 14.3. The van der Waals surface area contributed by atoms with E-state index in [9.17, 15) is 4.39 Å². The minimum atomic E-state index is -0.518. The zero-order valence-electron chi connectivity index (χ0n) is 18.5. The van der Waals surface area contributed by atoms with Crippen LogP contribution in [0.2, 0.25) is 0 Å². The van der Waals surface area contributed by atoms with Gasteiger partial charge in [-0.05, 0) is 53.8 Å². The summed E-state index contributed by atoms with van der Waals surface area (Å²) < 4.78 is 28.1. The molecule has 1 N–H and O–H groups in total. The van der Waals surface area contributed by atoms with Crippen molar-refractivity contribution in [2.24, 2.45) is 0 Å². The van der Waals surface area contributed by atoms with Crippen molar-refractivity contribution in [3.63, 3.8) is 0 Å². The number of halogens is 1. The third kappa shape index (κ3) is 3.33. The lowest BCUT2D eigenvalue weighted by Crippen LogP contribution is -2.32. The Balaban J connectivity index is 1.62. The number of methoxy groups -OCH3 is 1. The number of fused-ring (bicyclic) bond motifs is 3. The first-order chi connectivity index (χ1) is 16.7. The average molecular weight is 473 g/mol. The molecule has 170 valence electrons. The molecule has 0 aliphatic carbocycles. The van der Waals surface area contributed by atoms with Crippen LogP contribution in [-0.2, 0) is 0 Å². The monoisotopic (exact) mass is 472 g/mol. The van der Waals surface area contributed by atoms with Crippen LogP contribution in [0.25, 0.3) is 5.70 Å². The van der Waals surface area contributed by atoms with Gasteiger partial charge in [0.05, 0.1) is 12.8 Å². The molecule has 0 bridgehead atoms. The van der Waals surface area contributed by atoms with E-state index in [0.29, 0.717) is 11.1 Å². The summed E-state index contributed by atoms with van der Waals surface area (Å²) in [6.45, 7) is 0. The second kappa shape index (κ2) is 8.22. The average Bonchev–Trinajstić information content (AvgIpc) is 3.30. The Bertz CT molecular complexity index is 1420. The van der Waals surface area contributed by atoms with Gasteiger partial charge in [0.1, 0.15) is 29.5 Å². The molecule has 0 spiro atoms. The van der Waals surface area contributed by atoms with Crippen molar-refractivity contribution in [2.75, 3.05) is 18.7 Å². The molecule has 0 radical (unpaired) electrons. The normalized spacial score (nSPS) is 18.3. The van der Waals surface area contributed by atoms with Gasteiger partial charge in [0, 0.05) is 11.1 Å². The van der Waals surface area contributed by atoms with Crippen LogP contribution in [0.3, 0.4) is 0 Å². The molecule has 0 saturated carbocycles. The van der Waals surface area contributed by atoms with Crippen LogP contribution >= 0.6 is 11.8 Å². The lowest BCUT2D eigenvalue weighted by atomic mass is 9.84. The number of nitrogens with one attached hydrogen (secondary N) is 1. The molecule has 2 aliphatic rings. The van der Waals surface area contributed by atoms with Crippen molar-refractivity contribution in [1.82, 2.24) is 14.8 Å². The summed E-state index contributed by atoms with van der Waals surface area (Å²) in [5.74, 6) is 1.84. The first kappa shape index (κ1) is 20.8. The van der Waals surface area contributed by atoms with Crippen molar-refractivity contribution < 1.29 is 13.9 Å². The molecular weight excluding hydrogens is 451 g/mol. The molecule has 6 nitrogen and oxygen atoms in total. The molecule has 8 heteroatoms. The highest BCUT2D eigenvalue weighted by atomic mass is 32.2. The molecule has 0 saturated heterocycles. The Morgan fingerprint density at radius 2 is 1.85 bits per heavy atom. The summed E-state index contributed by atoms with van der Waals surface area (Å²) in [7, 11) is 1.65. The van der Waals surface area contributed by atoms with Crippen LogP contribution in [0, 0.1) is 5.82 Å². The summed E-state index contributed by atoms with van der Waals surface area (Å²) in [6.07, 6.45) is 1.43. The number of benzene rings is 3. The number of ether oxygens (including phenoxy) is 2. The number of aromatic nitrogens is 3. The smallest absolute Gasteiger partial charge is 0.227 e. The molecule has 0 amide bonds. The molecule has 4 aromatic rings. The zero-order chi connectivity index (χ0) is 23.2. The van der Waals surface area contributed by atoms with Crippen LogP contribution in [-0.4, -0.2) is 28.1 Å². The Morgan fingerprint density at radius 3 is 2.62 bits per heavy atom. The standard InChI is InChI=1S/C26H21FN4O2S/c1-32-18-12-10-15(11-13-18)23-21-22(28-25-29-26(34-2)30-31(23)25)19-8-3-4-9-20(19)33-24(21)16-6-5-7-17(27)14-16/h3-14,23-24H,1-2H3,(H,28,29,30). The van der Waals surface area contributed by atoms with Crippen molar-refractivity contribution in [3.8, 4) is 11.5 Å². The molecule has 6 rings (SSSR count). The SMILES string of the molecule is COc1ccc(C2C3=C(Nc4nc(SC)nn42)c2ccccc2OC3c2cccc(F)c2)cc1. The van der Waals surface area contributed by atoms with E-state index in [0.717, 1.165) is 39.5 Å². The van der Waals surface area contributed by atoms with Crippen molar-refractivity contribution in [2.45, 2.75) is 17.3 Å². The topological polar surface area (TPSA) is 61.2 Å². The van der Waals surface area contributed by atoms with Gasteiger partial charge < -0.3 is 14.8 Å². The van der Waals surface area contributed by atoms with Gasteiger partial charge in [-0.25, -0.2) is 9.07 Å². The van der Waals surface area contributed by atoms with Crippen LogP contribution in [0.5, 0.6) is 11.5 Å². The predicted molar refractivity (Wildman–Crippen MR) is 130 cm³/mol. The van der Waals surface area contributed by atoms with Gasteiger partial charge in [-0.1, -0.05) is 48.2 Å². The zero-order valence-corrected chi connectivity index (χ0v) is 19.3.